The number of ketones is 1. The molecule has 2 atom stereocenters. The van der Waals surface area contributed by atoms with E-state index in [1.807, 2.05) is 48.7 Å². The maximum absolute atomic E-state index is 13.1. The van der Waals surface area contributed by atoms with Crippen LogP contribution in [0, 0.1) is 0 Å². The number of Topliss-reactive ketones (excluding diaryl/α,β-unsaturated/α-hetero) is 1. The van der Waals surface area contributed by atoms with Gasteiger partial charge in [-0.1, -0.05) is 24.3 Å². The Bertz CT molecular complexity index is 1170. The van der Waals surface area contributed by atoms with Crippen LogP contribution in [0.2, 0.25) is 0 Å². The SMILES string of the molecule is CC1Cc2cc(/C(O)=C3/C(=O)C(=O)N(c4ccccc4)C3c3cccs3)ccc2O1. The van der Waals surface area contributed by atoms with Crippen LogP contribution < -0.4 is 9.64 Å². The van der Waals surface area contributed by atoms with E-state index in [0.717, 1.165) is 22.6 Å². The van der Waals surface area contributed by atoms with Crippen LogP contribution in [0.5, 0.6) is 5.75 Å². The van der Waals surface area contributed by atoms with E-state index >= 15 is 0 Å². The van der Waals surface area contributed by atoms with E-state index in [9.17, 15) is 14.7 Å². The summed E-state index contributed by atoms with van der Waals surface area (Å²) in [6.07, 6.45) is 0.815. The molecule has 2 unspecified atom stereocenters. The highest BCUT2D eigenvalue weighted by Gasteiger charge is 2.47. The first-order chi connectivity index (χ1) is 14.5. The second-order valence-electron chi connectivity index (χ2n) is 7.48. The Morgan fingerprint density at radius 3 is 2.63 bits per heavy atom. The van der Waals surface area contributed by atoms with Crippen LogP contribution >= 0.6 is 11.3 Å². The van der Waals surface area contributed by atoms with Gasteiger partial charge in [0.25, 0.3) is 11.7 Å². The zero-order chi connectivity index (χ0) is 20.8. The van der Waals surface area contributed by atoms with Crippen molar-refractivity contribution in [1.29, 1.82) is 0 Å². The second-order valence-corrected chi connectivity index (χ2v) is 8.45. The van der Waals surface area contributed by atoms with Crippen molar-refractivity contribution in [2.24, 2.45) is 0 Å². The molecule has 0 bridgehead atoms. The number of aliphatic hydroxyl groups excluding tert-OH is 1. The van der Waals surface area contributed by atoms with Gasteiger partial charge in [-0.15, -0.1) is 11.3 Å². The molecule has 1 fully saturated rings. The van der Waals surface area contributed by atoms with Gasteiger partial charge in [0, 0.05) is 22.5 Å². The summed E-state index contributed by atoms with van der Waals surface area (Å²) in [6.45, 7) is 1.99. The van der Waals surface area contributed by atoms with E-state index in [4.69, 9.17) is 4.74 Å². The molecular weight excluding hydrogens is 398 g/mol. The molecule has 0 spiro atoms. The maximum Gasteiger partial charge on any atom is 0.300 e. The first kappa shape index (κ1) is 18.6. The minimum atomic E-state index is -0.681. The van der Waals surface area contributed by atoms with Gasteiger partial charge in [-0.2, -0.15) is 0 Å². The fourth-order valence-corrected chi connectivity index (χ4v) is 4.95. The Hall–Kier alpha value is -3.38. The van der Waals surface area contributed by atoms with E-state index in [-0.39, 0.29) is 17.4 Å². The Morgan fingerprint density at radius 1 is 1.10 bits per heavy atom. The number of carbonyl (C=O) groups excluding carboxylic acids is 2. The number of benzene rings is 2. The van der Waals surface area contributed by atoms with Crippen LogP contribution in [-0.4, -0.2) is 22.9 Å². The highest BCUT2D eigenvalue weighted by molar-refractivity contribution is 7.10. The van der Waals surface area contributed by atoms with Crippen LogP contribution in [0.1, 0.15) is 29.0 Å². The standard InChI is InChI=1S/C24H19NO4S/c1-14-12-16-13-15(9-10-18(16)29-14)22(26)20-21(19-8-5-11-30-19)25(24(28)23(20)27)17-6-3-2-4-7-17/h2-11,13-14,21,26H,12H2,1H3/b22-20-. The highest BCUT2D eigenvalue weighted by Crippen LogP contribution is 2.44. The Balaban J connectivity index is 1.67. The van der Waals surface area contributed by atoms with Gasteiger partial charge in [0.15, 0.2) is 0 Å². The molecule has 5 rings (SSSR count). The van der Waals surface area contributed by atoms with E-state index in [1.54, 1.807) is 24.3 Å². The molecule has 1 aromatic heterocycles. The number of carbonyl (C=O) groups is 2. The summed E-state index contributed by atoms with van der Waals surface area (Å²) in [5.41, 5.74) is 2.22. The number of ether oxygens (including phenoxy) is 1. The van der Waals surface area contributed by atoms with Crippen molar-refractivity contribution >= 4 is 34.5 Å². The lowest BCUT2D eigenvalue weighted by Gasteiger charge is -2.24. The molecule has 2 aliphatic rings. The number of hydrogen-bond acceptors (Lipinski definition) is 5. The Labute approximate surface area is 177 Å². The van der Waals surface area contributed by atoms with Gasteiger partial charge < -0.3 is 9.84 Å². The zero-order valence-corrected chi connectivity index (χ0v) is 17.1. The maximum atomic E-state index is 13.1. The smallest absolute Gasteiger partial charge is 0.300 e. The quantitative estimate of drug-likeness (QED) is 0.381. The van der Waals surface area contributed by atoms with E-state index in [2.05, 4.69) is 0 Å². The summed E-state index contributed by atoms with van der Waals surface area (Å²) in [5, 5.41) is 13.1. The third-order valence-corrected chi connectivity index (χ3v) is 6.39. The molecule has 0 radical (unpaired) electrons. The van der Waals surface area contributed by atoms with Crippen molar-refractivity contribution in [3.8, 4) is 5.75 Å². The second kappa shape index (κ2) is 7.15. The number of anilines is 1. The number of nitrogens with zero attached hydrogens (tertiary/aromatic N) is 1. The minimum absolute atomic E-state index is 0.0761. The predicted molar refractivity (Wildman–Crippen MR) is 116 cm³/mol. The van der Waals surface area contributed by atoms with Crippen molar-refractivity contribution in [1.82, 2.24) is 0 Å². The zero-order valence-electron chi connectivity index (χ0n) is 16.2. The molecule has 3 aromatic rings. The van der Waals surface area contributed by atoms with Crippen LogP contribution in [0.4, 0.5) is 5.69 Å². The number of fused-ring (bicyclic) bond motifs is 1. The molecule has 6 heteroatoms. The lowest BCUT2D eigenvalue weighted by atomic mass is 9.98. The minimum Gasteiger partial charge on any atom is -0.507 e. The number of hydrogen-bond donors (Lipinski definition) is 1. The molecule has 3 heterocycles. The third-order valence-electron chi connectivity index (χ3n) is 5.46. The van der Waals surface area contributed by atoms with Crippen molar-refractivity contribution < 1.29 is 19.4 Å². The fraction of sp³-hybridized carbons (Fsp3) is 0.167. The Morgan fingerprint density at radius 2 is 1.90 bits per heavy atom. The number of para-hydroxylation sites is 1. The van der Waals surface area contributed by atoms with E-state index in [0.29, 0.717) is 11.3 Å². The predicted octanol–water partition coefficient (Wildman–Crippen LogP) is 4.70. The van der Waals surface area contributed by atoms with Crippen molar-refractivity contribution in [2.75, 3.05) is 4.90 Å². The lowest BCUT2D eigenvalue weighted by Crippen LogP contribution is -2.29. The molecule has 2 aliphatic heterocycles. The average molecular weight is 417 g/mol. The number of aliphatic hydroxyl groups is 1. The lowest BCUT2D eigenvalue weighted by molar-refractivity contribution is -0.132. The molecule has 1 N–H and O–H groups in total. The summed E-state index contributed by atoms with van der Waals surface area (Å²) in [6, 6.07) is 17.5. The molecule has 1 amide bonds. The third kappa shape index (κ3) is 2.92. The van der Waals surface area contributed by atoms with Gasteiger partial charge in [-0.25, -0.2) is 0 Å². The fourth-order valence-electron chi connectivity index (χ4n) is 4.13. The summed E-state index contributed by atoms with van der Waals surface area (Å²) < 4.78 is 5.73. The van der Waals surface area contributed by atoms with Gasteiger partial charge in [-0.05, 0) is 54.3 Å². The van der Waals surface area contributed by atoms with Crippen LogP contribution in [0.15, 0.2) is 71.6 Å². The van der Waals surface area contributed by atoms with Gasteiger partial charge >= 0.3 is 0 Å². The molecule has 150 valence electrons. The van der Waals surface area contributed by atoms with E-state index < -0.39 is 17.7 Å². The molecule has 2 aromatic carbocycles. The summed E-state index contributed by atoms with van der Waals surface area (Å²) >= 11 is 1.45. The summed E-state index contributed by atoms with van der Waals surface area (Å²) in [4.78, 5) is 28.4. The molecular formula is C24H19NO4S. The van der Waals surface area contributed by atoms with Gasteiger partial charge in [0.2, 0.25) is 0 Å². The number of amides is 1. The molecule has 30 heavy (non-hydrogen) atoms. The molecule has 0 aliphatic carbocycles. The first-order valence-electron chi connectivity index (χ1n) is 9.74. The van der Waals surface area contributed by atoms with E-state index in [1.165, 1.54) is 16.2 Å². The van der Waals surface area contributed by atoms with Crippen molar-refractivity contribution in [3.63, 3.8) is 0 Å². The van der Waals surface area contributed by atoms with Crippen LogP contribution in [-0.2, 0) is 16.0 Å². The van der Waals surface area contributed by atoms with Gasteiger partial charge in [0.1, 0.15) is 23.7 Å². The summed E-state index contributed by atoms with van der Waals surface area (Å²) in [7, 11) is 0. The van der Waals surface area contributed by atoms with Gasteiger partial charge in [0.05, 0.1) is 5.57 Å². The molecule has 1 saturated heterocycles. The van der Waals surface area contributed by atoms with Crippen molar-refractivity contribution in [3.05, 3.63) is 87.6 Å². The Kier molecular flexibility index (Phi) is 4.44. The molecule has 5 nitrogen and oxygen atoms in total. The summed E-state index contributed by atoms with van der Waals surface area (Å²) in [5.74, 6) is -0.690. The topological polar surface area (TPSA) is 66.8 Å². The number of rotatable bonds is 3. The normalized spacial score (nSPS) is 22.2. The average Bonchev–Trinajstić information content (AvgIpc) is 3.46. The monoisotopic (exact) mass is 417 g/mol. The molecule has 0 saturated carbocycles. The first-order valence-corrected chi connectivity index (χ1v) is 10.6. The van der Waals surface area contributed by atoms with Crippen LogP contribution in [0.3, 0.4) is 0 Å². The number of thiophene rings is 1. The van der Waals surface area contributed by atoms with Gasteiger partial charge in [-0.3, -0.25) is 14.5 Å². The van der Waals surface area contributed by atoms with Crippen molar-refractivity contribution in [2.45, 2.75) is 25.5 Å². The van der Waals surface area contributed by atoms with Crippen LogP contribution in [0.25, 0.3) is 5.76 Å². The largest absolute Gasteiger partial charge is 0.507 e. The highest BCUT2D eigenvalue weighted by atomic mass is 32.1.